The van der Waals surface area contributed by atoms with Gasteiger partial charge < -0.3 is 31.5 Å². The number of benzene rings is 2. The van der Waals surface area contributed by atoms with Crippen LogP contribution >= 0.6 is 0 Å². The zero-order chi connectivity index (χ0) is 50.0. The maximum absolute atomic E-state index is 14.3. The Labute approximate surface area is 404 Å². The largest absolute Gasteiger partial charge is 0.416 e. The molecule has 0 aliphatic carbocycles. The lowest BCUT2D eigenvalue weighted by Crippen LogP contribution is -2.41. The third-order valence-corrected chi connectivity index (χ3v) is 11.9. The maximum Gasteiger partial charge on any atom is 0.416 e. The lowest BCUT2D eigenvalue weighted by molar-refractivity contribution is -0.137. The van der Waals surface area contributed by atoms with Gasteiger partial charge in [-0.05, 0) is 75.0 Å². The zero-order valence-corrected chi connectivity index (χ0v) is 38.7. The van der Waals surface area contributed by atoms with Crippen molar-refractivity contribution in [2.24, 2.45) is 7.05 Å². The molecule has 0 bridgehead atoms. The molecule has 0 radical (unpaired) electrons. The van der Waals surface area contributed by atoms with Crippen molar-refractivity contribution in [1.29, 1.82) is 0 Å². The van der Waals surface area contributed by atoms with E-state index in [1.54, 1.807) is 76.6 Å². The third-order valence-electron chi connectivity index (χ3n) is 11.9. The Kier molecular flexibility index (Phi) is 13.1. The number of hydrogen-bond acceptors (Lipinski definition) is 13. The van der Waals surface area contributed by atoms with Crippen LogP contribution in [0.25, 0.3) is 27.8 Å². The fraction of sp³-hybridized carbons (Fsp3) is 0.224. The van der Waals surface area contributed by atoms with Crippen LogP contribution in [0.4, 0.5) is 42.1 Å². The summed E-state index contributed by atoms with van der Waals surface area (Å²) in [6.45, 7) is 4.72. The SMILES string of the molecule is C=CC(=O)Nc1cccc(Cn2ncc3c(C4CCN(C(=O)/C=C/CN(C)C)[C@H](c5nc(-c6ccc(C(=O)Nc7cc(C(F)(F)F)ccn7)cc6)c6c(N)nccn56)C4)nc(Nc4cnn(C)c4)nc32)c1. The molecule has 9 rings (SSSR count). The molecule has 1 aliphatic rings. The van der Waals surface area contributed by atoms with Gasteiger partial charge in [0, 0.05) is 73.7 Å². The van der Waals surface area contributed by atoms with Gasteiger partial charge in [0.05, 0.1) is 47.3 Å². The number of pyridine rings is 1. The number of amides is 3. The van der Waals surface area contributed by atoms with Crippen molar-refractivity contribution in [2.45, 2.75) is 37.5 Å². The summed E-state index contributed by atoms with van der Waals surface area (Å²) >= 11 is 0. The van der Waals surface area contributed by atoms with Gasteiger partial charge >= 0.3 is 6.18 Å². The fourth-order valence-electron chi connectivity index (χ4n) is 8.54. The van der Waals surface area contributed by atoms with Gasteiger partial charge in [0.1, 0.15) is 28.7 Å². The van der Waals surface area contributed by atoms with Gasteiger partial charge in [-0.25, -0.2) is 24.6 Å². The number of nitrogen functional groups attached to an aromatic ring is 1. The summed E-state index contributed by atoms with van der Waals surface area (Å²) < 4.78 is 45.3. The van der Waals surface area contributed by atoms with Crippen LogP contribution in [0.5, 0.6) is 0 Å². The van der Waals surface area contributed by atoms with E-state index < -0.39 is 23.7 Å². The van der Waals surface area contributed by atoms with E-state index in [0.717, 1.165) is 23.9 Å². The number of nitrogens with one attached hydrogen (secondary N) is 3. The van der Waals surface area contributed by atoms with Gasteiger partial charge in [-0.3, -0.25) is 23.5 Å². The molecule has 1 fully saturated rings. The smallest absolute Gasteiger partial charge is 0.382 e. The molecule has 71 heavy (non-hydrogen) atoms. The summed E-state index contributed by atoms with van der Waals surface area (Å²) in [6.07, 6.45) is 10.3. The first kappa shape index (κ1) is 47.3. The van der Waals surface area contributed by atoms with Crippen LogP contribution in [0.3, 0.4) is 0 Å². The van der Waals surface area contributed by atoms with Gasteiger partial charge in [0.25, 0.3) is 5.91 Å². The second-order valence-electron chi connectivity index (χ2n) is 17.1. The summed E-state index contributed by atoms with van der Waals surface area (Å²) in [6, 6.07) is 14.7. The van der Waals surface area contributed by atoms with E-state index in [-0.39, 0.29) is 34.9 Å². The molecule has 19 nitrogen and oxygen atoms in total. The number of carbonyl (C=O) groups is 3. The number of imidazole rings is 1. The Hall–Kier alpha value is -8.79. The number of hydrogen-bond donors (Lipinski definition) is 4. The number of piperidine rings is 1. The number of nitrogens with two attached hydrogens (primary N) is 1. The summed E-state index contributed by atoms with van der Waals surface area (Å²) in [5.74, 6) is -0.756. The highest BCUT2D eigenvalue weighted by Crippen LogP contribution is 2.43. The number of fused-ring (bicyclic) bond motifs is 2. The van der Waals surface area contributed by atoms with Crippen LogP contribution in [0, 0.1) is 0 Å². The number of nitrogens with zero attached hydrogens (tertiary/aromatic N) is 12. The molecular formula is C49H47F3N16O3. The standard InChI is InChI=1S/C49H47F3N16O3/c1-5-39(69)58-34-9-6-8-29(22-34)27-68-45-36(26-57-68)41(62-48(63-45)59-35-25-56-65(4)28-35)32-16-20-66(40(70)10-7-19-64(2)3)37(23-32)46-61-42(43-44(53)55-18-21-67(43)46)30-11-13-31(14-12-30)47(71)60-38-24-33(15-17-54-38)49(50,51)52/h5-15,17-18,21-22,24-26,28,32,37H,1,16,19-20,23,27H2,2-4H3,(H2,53,55)(H,58,69)(H,54,60,71)(H,59,62,63)/b10-7+/t32?,37-/m0/s1. The van der Waals surface area contributed by atoms with Crippen LogP contribution in [-0.2, 0) is 29.4 Å². The topological polar surface area (TPSA) is 224 Å². The minimum absolute atomic E-state index is 0.154. The first-order chi connectivity index (χ1) is 34.1. The molecule has 5 N–H and O–H groups in total. The van der Waals surface area contributed by atoms with Gasteiger partial charge in [-0.15, -0.1) is 0 Å². The van der Waals surface area contributed by atoms with E-state index in [2.05, 4.69) is 37.6 Å². The van der Waals surface area contributed by atoms with Crippen molar-refractivity contribution in [3.8, 4) is 11.3 Å². The van der Waals surface area contributed by atoms with E-state index in [1.165, 1.54) is 18.2 Å². The number of aryl methyl sites for hydroxylation is 1. The number of aromatic nitrogens is 10. The van der Waals surface area contributed by atoms with Crippen LogP contribution in [0.1, 0.15) is 57.8 Å². The van der Waals surface area contributed by atoms with Crippen LogP contribution in [-0.4, -0.2) is 104 Å². The van der Waals surface area contributed by atoms with Gasteiger partial charge in [-0.2, -0.15) is 28.4 Å². The predicted octanol–water partition coefficient (Wildman–Crippen LogP) is 7.00. The molecule has 3 amide bonds. The second kappa shape index (κ2) is 19.7. The lowest BCUT2D eigenvalue weighted by atomic mass is 9.86. The maximum atomic E-state index is 14.3. The van der Waals surface area contributed by atoms with Crippen molar-refractivity contribution >= 4 is 63.2 Å². The Morgan fingerprint density at radius 1 is 0.958 bits per heavy atom. The fourth-order valence-corrected chi connectivity index (χ4v) is 8.54. The number of likely N-dealkylation sites (tertiary alicyclic amines) is 1. The van der Waals surface area contributed by atoms with Gasteiger partial charge in [0.2, 0.25) is 17.8 Å². The number of likely N-dealkylation sites (N-methyl/N-ethyl adjacent to an activating group) is 1. The van der Waals surface area contributed by atoms with E-state index in [9.17, 15) is 27.6 Å². The third kappa shape index (κ3) is 10.3. The first-order valence-corrected chi connectivity index (χ1v) is 22.3. The first-order valence-electron chi connectivity index (χ1n) is 22.3. The van der Waals surface area contributed by atoms with Crippen molar-refractivity contribution in [2.75, 3.05) is 48.9 Å². The number of carbonyl (C=O) groups excluding carboxylic acids is 3. The molecule has 22 heteroatoms. The Morgan fingerprint density at radius 3 is 2.52 bits per heavy atom. The van der Waals surface area contributed by atoms with Gasteiger partial charge in [-0.1, -0.05) is 36.9 Å². The van der Waals surface area contributed by atoms with Crippen molar-refractivity contribution < 1.29 is 27.6 Å². The second-order valence-corrected chi connectivity index (χ2v) is 17.1. The number of rotatable bonds is 14. The highest BCUT2D eigenvalue weighted by molar-refractivity contribution is 6.04. The minimum atomic E-state index is -4.61. The molecule has 1 saturated heterocycles. The van der Waals surface area contributed by atoms with Crippen molar-refractivity contribution in [3.05, 3.63) is 151 Å². The van der Waals surface area contributed by atoms with E-state index in [0.29, 0.717) is 89.1 Å². The Balaban J connectivity index is 1.09. The molecule has 1 aliphatic heterocycles. The van der Waals surface area contributed by atoms with Crippen LogP contribution < -0.4 is 21.7 Å². The summed E-state index contributed by atoms with van der Waals surface area (Å²) in [7, 11) is 5.63. The van der Waals surface area contributed by atoms with Crippen LogP contribution in [0.15, 0.2) is 123 Å². The molecule has 2 atom stereocenters. The predicted molar refractivity (Wildman–Crippen MR) is 260 cm³/mol. The quantitative estimate of drug-likeness (QED) is 0.0807. The molecule has 7 heterocycles. The monoisotopic (exact) mass is 964 g/mol. The molecule has 6 aromatic heterocycles. The Bertz CT molecular complexity index is 3340. The molecule has 2 aromatic carbocycles. The Morgan fingerprint density at radius 2 is 1.77 bits per heavy atom. The van der Waals surface area contributed by atoms with Crippen molar-refractivity contribution in [3.63, 3.8) is 0 Å². The number of alkyl halides is 3. The minimum Gasteiger partial charge on any atom is -0.382 e. The molecule has 362 valence electrons. The zero-order valence-electron chi connectivity index (χ0n) is 38.7. The van der Waals surface area contributed by atoms with E-state index in [4.69, 9.17) is 25.8 Å². The highest BCUT2D eigenvalue weighted by Gasteiger charge is 2.38. The highest BCUT2D eigenvalue weighted by atomic mass is 19.4. The summed E-state index contributed by atoms with van der Waals surface area (Å²) in [5, 5.41) is 18.4. The summed E-state index contributed by atoms with van der Waals surface area (Å²) in [5.41, 5.74) is 10.6. The van der Waals surface area contributed by atoms with Gasteiger partial charge in [0.15, 0.2) is 5.65 Å². The molecule has 0 spiro atoms. The summed E-state index contributed by atoms with van der Waals surface area (Å²) in [4.78, 5) is 66.9. The van der Waals surface area contributed by atoms with E-state index >= 15 is 0 Å². The molecular weight excluding hydrogens is 918 g/mol. The normalized spacial score (nSPS) is 15.2. The number of halogens is 3. The average Bonchev–Trinajstić information content (AvgIpc) is 4.08. The molecule has 8 aromatic rings. The van der Waals surface area contributed by atoms with Crippen molar-refractivity contribution in [1.82, 2.24) is 58.7 Å². The molecule has 0 saturated carbocycles. The lowest BCUT2D eigenvalue weighted by Gasteiger charge is -2.38. The molecule has 1 unspecified atom stereocenters. The average molecular weight is 965 g/mol. The number of anilines is 5. The van der Waals surface area contributed by atoms with E-state index in [1.807, 2.05) is 47.7 Å². The van der Waals surface area contributed by atoms with Crippen LogP contribution in [0.2, 0.25) is 0 Å².